The molecule has 2 N–H and O–H groups in total. The second-order valence-corrected chi connectivity index (χ2v) is 7.72. The highest BCUT2D eigenvalue weighted by atomic mass is 32.2. The van der Waals surface area contributed by atoms with Crippen molar-refractivity contribution in [3.05, 3.63) is 59.9 Å². The maximum Gasteiger partial charge on any atom is 0.255 e. The van der Waals surface area contributed by atoms with Crippen LogP contribution in [0, 0.1) is 5.82 Å². The number of halogens is 1. The smallest absolute Gasteiger partial charge is 0.255 e. The third-order valence-electron chi connectivity index (χ3n) is 4.06. The molecule has 1 aliphatic heterocycles. The molecule has 1 atom stereocenters. The Labute approximate surface area is 151 Å². The number of carbonyl (C=O) groups excluding carboxylic acids is 1. The monoisotopic (exact) mass is 378 g/mol. The van der Waals surface area contributed by atoms with E-state index in [1.807, 2.05) is 0 Å². The van der Waals surface area contributed by atoms with Crippen molar-refractivity contribution in [1.29, 1.82) is 0 Å². The van der Waals surface area contributed by atoms with Crippen molar-refractivity contribution in [2.24, 2.45) is 0 Å². The zero-order chi connectivity index (χ0) is 18.6. The highest BCUT2D eigenvalue weighted by molar-refractivity contribution is 7.89. The first kappa shape index (κ1) is 18.5. The Balaban J connectivity index is 1.69. The number of carbonyl (C=O) groups is 1. The van der Waals surface area contributed by atoms with Crippen molar-refractivity contribution >= 4 is 21.6 Å². The molecule has 1 fully saturated rings. The molecule has 1 aliphatic rings. The SMILES string of the molecule is O=C(Nc1ccc(S(=O)(=O)NC[C@@H]2CCCO2)cc1F)c1ccccc1. The van der Waals surface area contributed by atoms with Crippen molar-refractivity contribution in [3.8, 4) is 0 Å². The number of ether oxygens (including phenoxy) is 1. The van der Waals surface area contributed by atoms with Gasteiger partial charge in [-0.05, 0) is 43.2 Å². The van der Waals surface area contributed by atoms with Gasteiger partial charge in [-0.2, -0.15) is 0 Å². The van der Waals surface area contributed by atoms with Gasteiger partial charge < -0.3 is 10.1 Å². The zero-order valence-corrected chi connectivity index (χ0v) is 14.8. The molecule has 0 aromatic heterocycles. The van der Waals surface area contributed by atoms with E-state index < -0.39 is 21.7 Å². The molecular weight excluding hydrogens is 359 g/mol. The summed E-state index contributed by atoms with van der Waals surface area (Å²) in [5, 5.41) is 2.43. The van der Waals surface area contributed by atoms with Crippen LogP contribution in [0.5, 0.6) is 0 Å². The van der Waals surface area contributed by atoms with Gasteiger partial charge in [-0.1, -0.05) is 18.2 Å². The molecule has 0 spiro atoms. The average Bonchev–Trinajstić information content (AvgIpc) is 3.16. The molecule has 1 heterocycles. The molecule has 0 aliphatic carbocycles. The van der Waals surface area contributed by atoms with E-state index in [2.05, 4.69) is 10.0 Å². The summed E-state index contributed by atoms with van der Waals surface area (Å²) < 4.78 is 46.6. The van der Waals surface area contributed by atoms with Gasteiger partial charge in [0.25, 0.3) is 5.91 Å². The Bertz CT molecular complexity index is 881. The van der Waals surface area contributed by atoms with E-state index in [9.17, 15) is 17.6 Å². The molecule has 0 unspecified atom stereocenters. The number of hydrogen-bond donors (Lipinski definition) is 2. The molecule has 1 saturated heterocycles. The molecule has 0 saturated carbocycles. The molecule has 26 heavy (non-hydrogen) atoms. The summed E-state index contributed by atoms with van der Waals surface area (Å²) in [4.78, 5) is 11.9. The Kier molecular flexibility index (Phi) is 5.65. The van der Waals surface area contributed by atoms with Crippen molar-refractivity contribution in [2.45, 2.75) is 23.8 Å². The average molecular weight is 378 g/mol. The van der Waals surface area contributed by atoms with Crippen LogP contribution < -0.4 is 10.0 Å². The molecule has 0 radical (unpaired) electrons. The molecule has 3 rings (SSSR count). The predicted octanol–water partition coefficient (Wildman–Crippen LogP) is 2.54. The van der Waals surface area contributed by atoms with E-state index in [1.54, 1.807) is 30.3 Å². The second-order valence-electron chi connectivity index (χ2n) is 5.95. The molecule has 1 amide bonds. The third kappa shape index (κ3) is 4.46. The number of amides is 1. The van der Waals surface area contributed by atoms with Crippen LogP contribution in [-0.2, 0) is 14.8 Å². The first-order valence-corrected chi connectivity index (χ1v) is 9.71. The lowest BCUT2D eigenvalue weighted by Crippen LogP contribution is -2.31. The topological polar surface area (TPSA) is 84.5 Å². The van der Waals surface area contributed by atoms with Crippen LogP contribution in [0.1, 0.15) is 23.2 Å². The van der Waals surface area contributed by atoms with E-state index in [0.29, 0.717) is 12.2 Å². The summed E-state index contributed by atoms with van der Waals surface area (Å²) in [5.74, 6) is -1.30. The van der Waals surface area contributed by atoms with Crippen LogP contribution >= 0.6 is 0 Å². The lowest BCUT2D eigenvalue weighted by atomic mass is 10.2. The fourth-order valence-electron chi connectivity index (χ4n) is 2.64. The van der Waals surface area contributed by atoms with Crippen LogP contribution in [0.4, 0.5) is 10.1 Å². The number of hydrogen-bond acceptors (Lipinski definition) is 4. The lowest BCUT2D eigenvalue weighted by molar-refractivity contribution is 0.102. The van der Waals surface area contributed by atoms with Gasteiger partial charge in [0.05, 0.1) is 16.7 Å². The van der Waals surface area contributed by atoms with Crippen molar-refractivity contribution < 1.29 is 22.3 Å². The number of anilines is 1. The Morgan fingerprint density at radius 3 is 2.62 bits per heavy atom. The number of rotatable bonds is 6. The molecular formula is C18H19FN2O4S. The summed E-state index contributed by atoms with van der Waals surface area (Å²) in [6.45, 7) is 0.771. The summed E-state index contributed by atoms with van der Waals surface area (Å²) in [5.41, 5.74) is 0.291. The van der Waals surface area contributed by atoms with E-state index >= 15 is 0 Å². The zero-order valence-electron chi connectivity index (χ0n) is 13.9. The van der Waals surface area contributed by atoms with Gasteiger partial charge in [0.15, 0.2) is 0 Å². The first-order valence-electron chi connectivity index (χ1n) is 8.23. The Morgan fingerprint density at radius 1 is 1.19 bits per heavy atom. The van der Waals surface area contributed by atoms with E-state index in [4.69, 9.17) is 4.74 Å². The molecule has 2 aromatic rings. The normalized spacial score (nSPS) is 17.2. The van der Waals surface area contributed by atoms with Gasteiger partial charge in [0.2, 0.25) is 10.0 Å². The molecule has 8 heteroatoms. The molecule has 138 valence electrons. The van der Waals surface area contributed by atoms with E-state index in [-0.39, 0.29) is 23.2 Å². The van der Waals surface area contributed by atoms with Crippen LogP contribution in [0.2, 0.25) is 0 Å². The largest absolute Gasteiger partial charge is 0.377 e. The maximum atomic E-state index is 14.3. The van der Waals surface area contributed by atoms with Crippen LogP contribution in [0.25, 0.3) is 0 Å². The number of sulfonamides is 1. The first-order chi connectivity index (χ1) is 12.5. The number of nitrogens with one attached hydrogen (secondary N) is 2. The Hall–Kier alpha value is -2.29. The highest BCUT2D eigenvalue weighted by Crippen LogP contribution is 2.20. The summed E-state index contributed by atoms with van der Waals surface area (Å²) >= 11 is 0. The molecule has 6 nitrogen and oxygen atoms in total. The van der Waals surface area contributed by atoms with Gasteiger partial charge in [-0.25, -0.2) is 17.5 Å². The van der Waals surface area contributed by atoms with E-state index in [0.717, 1.165) is 18.9 Å². The summed E-state index contributed by atoms with van der Waals surface area (Å²) in [6.07, 6.45) is 1.54. The fourth-order valence-corrected chi connectivity index (χ4v) is 3.72. The van der Waals surface area contributed by atoms with Gasteiger partial charge in [0.1, 0.15) is 5.82 Å². The number of benzene rings is 2. The van der Waals surface area contributed by atoms with Gasteiger partial charge in [0, 0.05) is 18.7 Å². The van der Waals surface area contributed by atoms with Crippen molar-refractivity contribution in [2.75, 3.05) is 18.5 Å². The third-order valence-corrected chi connectivity index (χ3v) is 5.48. The molecule has 0 bridgehead atoms. The predicted molar refractivity (Wildman–Crippen MR) is 95.0 cm³/mol. The maximum absolute atomic E-state index is 14.3. The van der Waals surface area contributed by atoms with Crippen LogP contribution in [-0.4, -0.2) is 33.6 Å². The second kappa shape index (κ2) is 7.94. The van der Waals surface area contributed by atoms with Crippen molar-refractivity contribution in [1.82, 2.24) is 4.72 Å². The van der Waals surface area contributed by atoms with Crippen LogP contribution in [0.15, 0.2) is 53.4 Å². The van der Waals surface area contributed by atoms with Crippen LogP contribution in [0.3, 0.4) is 0 Å². The fraction of sp³-hybridized carbons (Fsp3) is 0.278. The molecule has 2 aromatic carbocycles. The Morgan fingerprint density at radius 2 is 1.96 bits per heavy atom. The minimum Gasteiger partial charge on any atom is -0.377 e. The summed E-state index contributed by atoms with van der Waals surface area (Å²) in [6, 6.07) is 11.7. The summed E-state index contributed by atoms with van der Waals surface area (Å²) in [7, 11) is -3.85. The van der Waals surface area contributed by atoms with E-state index in [1.165, 1.54) is 12.1 Å². The standard InChI is InChI=1S/C18H19FN2O4S/c19-16-11-15(26(23,24)20-12-14-7-4-10-25-14)8-9-17(16)21-18(22)13-5-2-1-3-6-13/h1-3,5-6,8-9,11,14,20H,4,7,10,12H2,(H,21,22)/t14-/m0/s1. The van der Waals surface area contributed by atoms with Gasteiger partial charge in [-0.3, -0.25) is 4.79 Å². The van der Waals surface area contributed by atoms with Crippen molar-refractivity contribution in [3.63, 3.8) is 0 Å². The van der Waals surface area contributed by atoms with Gasteiger partial charge in [-0.15, -0.1) is 0 Å². The minimum atomic E-state index is -3.85. The minimum absolute atomic E-state index is 0.0862. The van der Waals surface area contributed by atoms with Gasteiger partial charge >= 0.3 is 0 Å². The highest BCUT2D eigenvalue weighted by Gasteiger charge is 2.21. The lowest BCUT2D eigenvalue weighted by Gasteiger charge is -2.12. The quantitative estimate of drug-likeness (QED) is 0.809.